The van der Waals surface area contributed by atoms with Crippen molar-refractivity contribution >= 4 is 43.7 Å². The fourth-order valence-electron chi connectivity index (χ4n) is 2.32. The Morgan fingerprint density at radius 3 is 1.70 bits per heavy atom. The SMILES string of the molecule is [N-]=[N+]=N/C=C/c1ccc2sc3ccc(/C=C/N=[N+]=[N-])cc3c2c1. The third-order valence-corrected chi connectivity index (χ3v) is 4.44. The average molecular weight is 318 g/mol. The number of nitrogens with zero attached hydrogens (tertiary/aromatic N) is 6. The van der Waals surface area contributed by atoms with Crippen molar-refractivity contribution in [3.63, 3.8) is 0 Å². The number of hydrogen-bond acceptors (Lipinski definition) is 3. The summed E-state index contributed by atoms with van der Waals surface area (Å²) in [6.45, 7) is 0. The van der Waals surface area contributed by atoms with Gasteiger partial charge in [-0.05, 0) is 46.5 Å². The van der Waals surface area contributed by atoms with Crippen molar-refractivity contribution in [2.24, 2.45) is 10.2 Å². The molecule has 0 unspecified atom stereocenters. The van der Waals surface area contributed by atoms with Crippen LogP contribution >= 0.6 is 11.3 Å². The molecule has 23 heavy (non-hydrogen) atoms. The lowest BCUT2D eigenvalue weighted by Crippen LogP contribution is -1.74. The smallest absolute Gasteiger partial charge is 0.0355 e. The van der Waals surface area contributed by atoms with E-state index in [0.717, 1.165) is 21.9 Å². The van der Waals surface area contributed by atoms with Crippen LogP contribution < -0.4 is 0 Å². The lowest BCUT2D eigenvalue weighted by Gasteiger charge is -1.97. The average Bonchev–Trinajstić information content (AvgIpc) is 2.93. The van der Waals surface area contributed by atoms with Gasteiger partial charge in [0.15, 0.2) is 0 Å². The Bertz CT molecular complexity index is 951. The van der Waals surface area contributed by atoms with Crippen molar-refractivity contribution < 1.29 is 0 Å². The maximum absolute atomic E-state index is 8.32. The summed E-state index contributed by atoms with van der Waals surface area (Å²) in [6, 6.07) is 12.2. The lowest BCUT2D eigenvalue weighted by molar-refractivity contribution is 1.52. The zero-order chi connectivity index (χ0) is 16.1. The summed E-state index contributed by atoms with van der Waals surface area (Å²) in [5.41, 5.74) is 18.6. The van der Waals surface area contributed by atoms with Crippen LogP contribution in [0.25, 0.3) is 53.2 Å². The minimum absolute atomic E-state index is 0.972. The highest BCUT2D eigenvalue weighted by Gasteiger charge is 2.05. The van der Waals surface area contributed by atoms with Gasteiger partial charge in [0, 0.05) is 42.4 Å². The molecule has 0 aliphatic rings. The monoisotopic (exact) mass is 318 g/mol. The second-order valence-electron chi connectivity index (χ2n) is 4.65. The maximum atomic E-state index is 8.32. The summed E-state index contributed by atoms with van der Waals surface area (Å²) in [5.74, 6) is 0. The Balaban J connectivity index is 2.12. The van der Waals surface area contributed by atoms with E-state index in [4.69, 9.17) is 11.1 Å². The van der Waals surface area contributed by atoms with Crippen molar-refractivity contribution in [3.8, 4) is 0 Å². The number of azide groups is 2. The summed E-state index contributed by atoms with van der Waals surface area (Å²) < 4.78 is 2.38. The third kappa shape index (κ3) is 3.17. The van der Waals surface area contributed by atoms with Crippen LogP contribution in [0.15, 0.2) is 59.0 Å². The van der Waals surface area contributed by atoms with Crippen LogP contribution in [0.2, 0.25) is 0 Å². The summed E-state index contributed by atoms with van der Waals surface area (Å²) in [4.78, 5) is 5.40. The Hall–Kier alpha value is -3.24. The largest absolute Gasteiger partial charge is 0.135 e. The molecule has 0 atom stereocenters. The lowest BCUT2D eigenvalue weighted by atomic mass is 10.1. The molecule has 6 nitrogen and oxygen atoms in total. The van der Waals surface area contributed by atoms with E-state index in [2.05, 4.69) is 44.3 Å². The summed E-state index contributed by atoms with van der Waals surface area (Å²) in [5, 5.41) is 9.10. The summed E-state index contributed by atoms with van der Waals surface area (Å²) >= 11 is 1.72. The predicted molar refractivity (Wildman–Crippen MR) is 95.7 cm³/mol. The number of rotatable bonds is 4. The first-order chi connectivity index (χ1) is 11.3. The molecule has 3 aromatic rings. The van der Waals surface area contributed by atoms with E-state index in [1.165, 1.54) is 21.8 Å². The molecule has 0 amide bonds. The number of benzene rings is 2. The highest BCUT2D eigenvalue weighted by molar-refractivity contribution is 7.25. The van der Waals surface area contributed by atoms with Crippen LogP contribution in [0.5, 0.6) is 0 Å². The first-order valence-corrected chi connectivity index (χ1v) is 7.51. The van der Waals surface area contributed by atoms with Crippen molar-refractivity contribution in [3.05, 3.63) is 80.8 Å². The molecule has 110 valence electrons. The van der Waals surface area contributed by atoms with Gasteiger partial charge in [-0.25, -0.2) is 0 Å². The Morgan fingerprint density at radius 2 is 1.26 bits per heavy atom. The van der Waals surface area contributed by atoms with Crippen LogP contribution in [0.1, 0.15) is 11.1 Å². The van der Waals surface area contributed by atoms with Gasteiger partial charge in [0.1, 0.15) is 0 Å². The molecular weight excluding hydrogens is 308 g/mol. The highest BCUT2D eigenvalue weighted by atomic mass is 32.1. The molecule has 0 radical (unpaired) electrons. The van der Waals surface area contributed by atoms with E-state index in [1.54, 1.807) is 23.5 Å². The van der Waals surface area contributed by atoms with Gasteiger partial charge in [-0.1, -0.05) is 34.5 Å². The topological polar surface area (TPSA) is 97.5 Å². The van der Waals surface area contributed by atoms with E-state index in [9.17, 15) is 0 Å². The van der Waals surface area contributed by atoms with Gasteiger partial charge in [-0.3, -0.25) is 0 Å². The van der Waals surface area contributed by atoms with Crippen molar-refractivity contribution in [1.29, 1.82) is 0 Å². The molecule has 1 aromatic heterocycles. The molecule has 2 aromatic carbocycles. The van der Waals surface area contributed by atoms with E-state index in [0.29, 0.717) is 0 Å². The van der Waals surface area contributed by atoms with E-state index in [-0.39, 0.29) is 0 Å². The quantitative estimate of drug-likeness (QED) is 0.293. The first kappa shape index (κ1) is 14.7. The second kappa shape index (κ2) is 6.68. The molecule has 0 spiro atoms. The van der Waals surface area contributed by atoms with Crippen molar-refractivity contribution in [1.82, 2.24) is 0 Å². The molecule has 0 aliphatic carbocycles. The zero-order valence-corrected chi connectivity index (χ0v) is 12.7. The minimum atomic E-state index is 0.972. The van der Waals surface area contributed by atoms with Gasteiger partial charge >= 0.3 is 0 Å². The van der Waals surface area contributed by atoms with Crippen molar-refractivity contribution in [2.75, 3.05) is 0 Å². The summed E-state index contributed by atoms with van der Waals surface area (Å²) in [6.07, 6.45) is 6.41. The molecule has 0 saturated heterocycles. The number of hydrogen-bond donors (Lipinski definition) is 0. The van der Waals surface area contributed by atoms with E-state index >= 15 is 0 Å². The standard InChI is InChI=1S/C16H10N6S/c17-21-19-7-5-11-1-3-15-13(9-11)14-10-12(6-8-20-22-18)2-4-16(14)23-15/h1-10H/b7-5+,8-6+. The van der Waals surface area contributed by atoms with E-state index < -0.39 is 0 Å². The molecule has 1 heterocycles. The summed E-state index contributed by atoms with van der Waals surface area (Å²) in [7, 11) is 0. The predicted octanol–water partition coefficient (Wildman–Crippen LogP) is 6.62. The normalized spacial score (nSPS) is 11.1. The van der Waals surface area contributed by atoms with Crippen molar-refractivity contribution in [2.45, 2.75) is 0 Å². The van der Waals surface area contributed by atoms with Gasteiger partial charge in [0.25, 0.3) is 0 Å². The molecule has 0 saturated carbocycles. The minimum Gasteiger partial charge on any atom is -0.135 e. The zero-order valence-electron chi connectivity index (χ0n) is 11.9. The van der Waals surface area contributed by atoms with Gasteiger partial charge in [-0.2, -0.15) is 0 Å². The van der Waals surface area contributed by atoms with Gasteiger partial charge in [-0.15, -0.1) is 11.3 Å². The van der Waals surface area contributed by atoms with Crippen LogP contribution in [-0.4, -0.2) is 0 Å². The van der Waals surface area contributed by atoms with Crippen LogP contribution in [-0.2, 0) is 0 Å². The molecule has 3 rings (SSSR count). The van der Waals surface area contributed by atoms with E-state index in [1.807, 2.05) is 12.1 Å². The maximum Gasteiger partial charge on any atom is 0.0355 e. The molecule has 0 N–H and O–H groups in total. The fraction of sp³-hybridized carbons (Fsp3) is 0. The molecule has 0 aliphatic heterocycles. The van der Waals surface area contributed by atoms with Gasteiger partial charge in [0.05, 0.1) is 0 Å². The fourth-order valence-corrected chi connectivity index (χ4v) is 3.39. The Kier molecular flexibility index (Phi) is 4.27. The number of fused-ring (bicyclic) bond motifs is 3. The first-order valence-electron chi connectivity index (χ1n) is 6.69. The molecular formula is C16H10N6S. The molecule has 0 fully saturated rings. The van der Waals surface area contributed by atoms with Gasteiger partial charge in [0.2, 0.25) is 0 Å². The van der Waals surface area contributed by atoms with Crippen LogP contribution in [0, 0.1) is 0 Å². The van der Waals surface area contributed by atoms with Gasteiger partial charge < -0.3 is 0 Å². The number of thiophene rings is 1. The molecule has 0 bridgehead atoms. The Morgan fingerprint density at radius 1 is 0.783 bits per heavy atom. The molecule has 7 heteroatoms. The highest BCUT2D eigenvalue weighted by Crippen LogP contribution is 2.35. The Labute approximate surface area is 135 Å². The second-order valence-corrected chi connectivity index (χ2v) is 5.74. The third-order valence-electron chi connectivity index (χ3n) is 3.29. The van der Waals surface area contributed by atoms with Crippen LogP contribution in [0.3, 0.4) is 0 Å². The van der Waals surface area contributed by atoms with Crippen LogP contribution in [0.4, 0.5) is 0 Å².